The standard InChI is InChI=1S/C10H20O3S/c1-9(2,6-5-8(11)12)13-7-10(3,4)14/h14H,5-7H2,1-4H3,(H,11,12). The van der Waals surface area contributed by atoms with E-state index in [4.69, 9.17) is 9.84 Å². The van der Waals surface area contributed by atoms with Crippen LogP contribution in [0.15, 0.2) is 0 Å². The van der Waals surface area contributed by atoms with Crippen LogP contribution in [0.25, 0.3) is 0 Å². The molecule has 0 radical (unpaired) electrons. The normalized spacial score (nSPS) is 12.9. The Hall–Kier alpha value is -0.220. The van der Waals surface area contributed by atoms with Crippen LogP contribution in [0.4, 0.5) is 0 Å². The average molecular weight is 220 g/mol. The van der Waals surface area contributed by atoms with Gasteiger partial charge in [0.05, 0.1) is 12.2 Å². The topological polar surface area (TPSA) is 46.5 Å². The number of hydrogen-bond donors (Lipinski definition) is 2. The highest BCUT2D eigenvalue weighted by atomic mass is 32.1. The summed E-state index contributed by atoms with van der Waals surface area (Å²) in [4.78, 5) is 10.4. The first-order chi connectivity index (χ1) is 6.12. The first-order valence-corrected chi connectivity index (χ1v) is 5.15. The molecule has 0 spiro atoms. The van der Waals surface area contributed by atoms with Crippen molar-refractivity contribution >= 4 is 18.6 Å². The van der Waals surface area contributed by atoms with Gasteiger partial charge in [-0.1, -0.05) is 0 Å². The Morgan fingerprint density at radius 3 is 2.21 bits per heavy atom. The molecule has 0 aromatic carbocycles. The minimum Gasteiger partial charge on any atom is -0.481 e. The summed E-state index contributed by atoms with van der Waals surface area (Å²) in [5.74, 6) is -0.785. The van der Waals surface area contributed by atoms with E-state index in [-0.39, 0.29) is 11.2 Å². The summed E-state index contributed by atoms with van der Waals surface area (Å²) < 4.78 is 5.42. The summed E-state index contributed by atoms with van der Waals surface area (Å²) >= 11 is 4.33. The number of thiol groups is 1. The van der Waals surface area contributed by atoms with Gasteiger partial charge >= 0.3 is 5.97 Å². The lowest BCUT2D eigenvalue weighted by molar-refractivity contribution is -0.138. The molecule has 3 nitrogen and oxygen atoms in total. The van der Waals surface area contributed by atoms with E-state index >= 15 is 0 Å². The zero-order valence-corrected chi connectivity index (χ0v) is 10.2. The van der Waals surface area contributed by atoms with Gasteiger partial charge in [-0.05, 0) is 34.1 Å². The SMILES string of the molecule is CC(C)(S)COC(C)(C)CCC(=O)O. The molecule has 0 heterocycles. The maximum absolute atomic E-state index is 10.4. The summed E-state index contributed by atoms with van der Waals surface area (Å²) in [5.41, 5.74) is -0.390. The predicted molar refractivity (Wildman–Crippen MR) is 60.0 cm³/mol. The molecule has 0 rings (SSSR count). The quantitative estimate of drug-likeness (QED) is 0.675. The van der Waals surface area contributed by atoms with Crippen molar-refractivity contribution in [3.8, 4) is 0 Å². The molecule has 0 fully saturated rings. The number of ether oxygens (including phenoxy) is 1. The van der Waals surface area contributed by atoms with Crippen LogP contribution >= 0.6 is 12.6 Å². The molecule has 1 N–H and O–H groups in total. The second-order valence-electron chi connectivity index (χ2n) is 4.75. The van der Waals surface area contributed by atoms with Crippen molar-refractivity contribution in [1.29, 1.82) is 0 Å². The monoisotopic (exact) mass is 220 g/mol. The van der Waals surface area contributed by atoms with Crippen LogP contribution < -0.4 is 0 Å². The van der Waals surface area contributed by atoms with E-state index in [0.29, 0.717) is 13.0 Å². The third-order valence-corrected chi connectivity index (χ3v) is 1.89. The highest BCUT2D eigenvalue weighted by Crippen LogP contribution is 2.21. The molecule has 0 amide bonds. The third kappa shape index (κ3) is 8.38. The van der Waals surface area contributed by atoms with E-state index < -0.39 is 11.6 Å². The lowest BCUT2D eigenvalue weighted by Crippen LogP contribution is -2.31. The smallest absolute Gasteiger partial charge is 0.303 e. The predicted octanol–water partition coefficient (Wildman–Crippen LogP) is 2.35. The maximum Gasteiger partial charge on any atom is 0.303 e. The molecule has 0 atom stereocenters. The van der Waals surface area contributed by atoms with Crippen LogP contribution in [0.1, 0.15) is 40.5 Å². The van der Waals surface area contributed by atoms with Crippen LogP contribution in [0, 0.1) is 0 Å². The fourth-order valence-electron chi connectivity index (χ4n) is 0.852. The summed E-state index contributed by atoms with van der Waals surface area (Å²) in [6, 6.07) is 0. The molecule has 0 aromatic rings. The van der Waals surface area contributed by atoms with Gasteiger partial charge < -0.3 is 9.84 Å². The molecule has 14 heavy (non-hydrogen) atoms. The summed E-state index contributed by atoms with van der Waals surface area (Å²) in [6.45, 7) is 8.24. The van der Waals surface area contributed by atoms with Crippen LogP contribution in [0.3, 0.4) is 0 Å². The van der Waals surface area contributed by atoms with Crippen molar-refractivity contribution in [3.63, 3.8) is 0 Å². The Bertz CT molecular complexity index is 194. The van der Waals surface area contributed by atoms with Gasteiger partial charge in [-0.3, -0.25) is 4.79 Å². The van der Waals surface area contributed by atoms with Gasteiger partial charge in [-0.2, -0.15) is 12.6 Å². The lowest BCUT2D eigenvalue weighted by Gasteiger charge is -2.29. The number of carboxylic acids is 1. The van der Waals surface area contributed by atoms with Crippen molar-refractivity contribution in [3.05, 3.63) is 0 Å². The number of carboxylic acid groups (broad SMARTS) is 1. The van der Waals surface area contributed by atoms with Crippen LogP contribution in [0.5, 0.6) is 0 Å². The zero-order chi connectivity index (χ0) is 11.4. The molecule has 84 valence electrons. The molecule has 0 aliphatic carbocycles. The fourth-order valence-corrected chi connectivity index (χ4v) is 0.917. The van der Waals surface area contributed by atoms with Gasteiger partial charge in [-0.25, -0.2) is 0 Å². The first kappa shape index (κ1) is 13.8. The van der Waals surface area contributed by atoms with Crippen LogP contribution in [-0.2, 0) is 9.53 Å². The van der Waals surface area contributed by atoms with Gasteiger partial charge in [-0.15, -0.1) is 0 Å². The summed E-state index contributed by atoms with van der Waals surface area (Å²) in [5, 5.41) is 8.53. The molecule has 0 aromatic heterocycles. The van der Waals surface area contributed by atoms with E-state index in [1.807, 2.05) is 27.7 Å². The van der Waals surface area contributed by atoms with Crippen molar-refractivity contribution < 1.29 is 14.6 Å². The molecule has 4 heteroatoms. The Kier molecular flexibility index (Phi) is 4.95. The second-order valence-corrected chi connectivity index (χ2v) is 5.97. The third-order valence-electron chi connectivity index (χ3n) is 1.76. The zero-order valence-electron chi connectivity index (χ0n) is 9.33. The minimum absolute atomic E-state index is 0.139. The molecular formula is C10H20O3S. The van der Waals surface area contributed by atoms with Crippen molar-refractivity contribution in [2.24, 2.45) is 0 Å². The largest absolute Gasteiger partial charge is 0.481 e. The van der Waals surface area contributed by atoms with E-state index in [1.165, 1.54) is 0 Å². The van der Waals surface area contributed by atoms with Gasteiger partial charge in [0.15, 0.2) is 0 Å². The summed E-state index contributed by atoms with van der Waals surface area (Å²) in [6.07, 6.45) is 0.659. The van der Waals surface area contributed by atoms with Crippen molar-refractivity contribution in [1.82, 2.24) is 0 Å². The number of hydrogen-bond acceptors (Lipinski definition) is 3. The van der Waals surface area contributed by atoms with Crippen LogP contribution in [-0.4, -0.2) is 28.0 Å². The summed E-state index contributed by atoms with van der Waals surface area (Å²) in [7, 11) is 0. The van der Waals surface area contributed by atoms with Gasteiger partial charge in [0, 0.05) is 11.2 Å². The lowest BCUT2D eigenvalue weighted by atomic mass is 10.0. The highest BCUT2D eigenvalue weighted by Gasteiger charge is 2.23. The van der Waals surface area contributed by atoms with Crippen molar-refractivity contribution in [2.75, 3.05) is 6.61 Å². The molecular weight excluding hydrogens is 200 g/mol. The number of rotatable bonds is 6. The average Bonchev–Trinajstić information content (AvgIpc) is 1.97. The number of aliphatic carboxylic acids is 1. The van der Waals surface area contributed by atoms with E-state index in [1.54, 1.807) is 0 Å². The Labute approximate surface area is 91.2 Å². The maximum atomic E-state index is 10.4. The van der Waals surface area contributed by atoms with E-state index in [0.717, 1.165) is 0 Å². The van der Waals surface area contributed by atoms with Gasteiger partial charge in [0.2, 0.25) is 0 Å². The van der Waals surface area contributed by atoms with Crippen molar-refractivity contribution in [2.45, 2.75) is 50.9 Å². The Balaban J connectivity index is 3.89. The molecule has 0 aliphatic heterocycles. The van der Waals surface area contributed by atoms with E-state index in [2.05, 4.69) is 12.6 Å². The molecule has 0 unspecified atom stereocenters. The van der Waals surface area contributed by atoms with Crippen LogP contribution in [0.2, 0.25) is 0 Å². The Morgan fingerprint density at radius 2 is 1.86 bits per heavy atom. The molecule has 0 bridgehead atoms. The number of carbonyl (C=O) groups is 1. The molecule has 0 aliphatic rings. The van der Waals surface area contributed by atoms with E-state index in [9.17, 15) is 4.79 Å². The molecule has 0 saturated heterocycles. The minimum atomic E-state index is -0.785. The second kappa shape index (κ2) is 5.03. The fraction of sp³-hybridized carbons (Fsp3) is 0.900. The van der Waals surface area contributed by atoms with Gasteiger partial charge in [0.25, 0.3) is 0 Å². The first-order valence-electron chi connectivity index (χ1n) is 4.70. The molecule has 0 saturated carbocycles. The Morgan fingerprint density at radius 1 is 1.36 bits per heavy atom. The van der Waals surface area contributed by atoms with Gasteiger partial charge in [0.1, 0.15) is 0 Å². The highest BCUT2D eigenvalue weighted by molar-refractivity contribution is 7.81.